The molecule has 1 N–H and O–H groups in total. The van der Waals surface area contributed by atoms with Crippen LogP contribution in [0.4, 0.5) is 0 Å². The second-order valence-electron chi connectivity index (χ2n) is 6.89. The molecule has 1 atom stereocenters. The number of hydrogen-bond acceptors (Lipinski definition) is 5. The SMILES string of the molecule is CN=C(NCc1cccnc1-n1ccnc1)N1CCC(N2CCOCC2)C1. The van der Waals surface area contributed by atoms with Crippen LogP contribution in [0, 0.1) is 0 Å². The molecule has 0 aromatic carbocycles. The van der Waals surface area contributed by atoms with Gasteiger partial charge in [-0.15, -0.1) is 0 Å². The zero-order valence-electron chi connectivity index (χ0n) is 15.8. The van der Waals surface area contributed by atoms with Gasteiger partial charge in [0.1, 0.15) is 12.1 Å². The summed E-state index contributed by atoms with van der Waals surface area (Å²) in [6, 6.07) is 4.64. The number of nitrogens with one attached hydrogen (secondary N) is 1. The van der Waals surface area contributed by atoms with E-state index in [-0.39, 0.29) is 0 Å². The Hall–Kier alpha value is -2.45. The lowest BCUT2D eigenvalue weighted by molar-refractivity contribution is 0.0195. The molecule has 2 aliphatic rings. The van der Waals surface area contributed by atoms with E-state index in [1.54, 1.807) is 18.7 Å². The molecular formula is C19H27N7O. The van der Waals surface area contributed by atoms with Crippen molar-refractivity contribution in [3.05, 3.63) is 42.6 Å². The van der Waals surface area contributed by atoms with Crippen molar-refractivity contribution in [2.75, 3.05) is 46.4 Å². The Morgan fingerprint density at radius 1 is 1.30 bits per heavy atom. The van der Waals surface area contributed by atoms with Crippen molar-refractivity contribution in [3.8, 4) is 5.82 Å². The van der Waals surface area contributed by atoms with Crippen molar-refractivity contribution in [3.63, 3.8) is 0 Å². The van der Waals surface area contributed by atoms with Gasteiger partial charge in [0.2, 0.25) is 0 Å². The summed E-state index contributed by atoms with van der Waals surface area (Å²) in [6.45, 7) is 6.49. The molecule has 4 rings (SSSR count). The van der Waals surface area contributed by atoms with Crippen molar-refractivity contribution in [1.82, 2.24) is 29.7 Å². The predicted molar refractivity (Wildman–Crippen MR) is 104 cm³/mol. The number of nitrogens with zero attached hydrogens (tertiary/aromatic N) is 6. The van der Waals surface area contributed by atoms with Gasteiger partial charge in [0, 0.05) is 70.0 Å². The lowest BCUT2D eigenvalue weighted by Crippen LogP contribution is -2.46. The van der Waals surface area contributed by atoms with Gasteiger partial charge in [-0.2, -0.15) is 0 Å². The Kier molecular flexibility index (Phi) is 5.64. The molecular weight excluding hydrogens is 342 g/mol. The minimum absolute atomic E-state index is 0.590. The van der Waals surface area contributed by atoms with Crippen molar-refractivity contribution < 1.29 is 4.74 Å². The molecule has 8 heteroatoms. The zero-order chi connectivity index (χ0) is 18.5. The van der Waals surface area contributed by atoms with Gasteiger partial charge in [-0.25, -0.2) is 9.97 Å². The highest BCUT2D eigenvalue weighted by Crippen LogP contribution is 2.17. The van der Waals surface area contributed by atoms with E-state index in [0.29, 0.717) is 12.6 Å². The molecule has 0 aliphatic carbocycles. The molecule has 2 aliphatic heterocycles. The highest BCUT2D eigenvalue weighted by Gasteiger charge is 2.30. The van der Waals surface area contributed by atoms with E-state index < -0.39 is 0 Å². The number of rotatable bonds is 4. The lowest BCUT2D eigenvalue weighted by atomic mass is 10.2. The molecule has 0 bridgehead atoms. The predicted octanol–water partition coefficient (Wildman–Crippen LogP) is 0.749. The third kappa shape index (κ3) is 4.12. The summed E-state index contributed by atoms with van der Waals surface area (Å²) in [5, 5.41) is 3.51. The van der Waals surface area contributed by atoms with E-state index in [1.807, 2.05) is 23.9 Å². The highest BCUT2D eigenvalue weighted by atomic mass is 16.5. The second kappa shape index (κ2) is 8.49. The summed E-state index contributed by atoms with van der Waals surface area (Å²) >= 11 is 0. The third-order valence-corrected chi connectivity index (χ3v) is 5.29. The van der Waals surface area contributed by atoms with Gasteiger partial charge in [-0.1, -0.05) is 6.07 Å². The molecule has 2 saturated heterocycles. The quantitative estimate of drug-likeness (QED) is 0.634. The molecule has 2 aromatic rings. The summed E-state index contributed by atoms with van der Waals surface area (Å²) < 4.78 is 7.42. The van der Waals surface area contributed by atoms with Crippen LogP contribution in [0.5, 0.6) is 0 Å². The number of aromatic nitrogens is 3. The first-order chi connectivity index (χ1) is 13.3. The molecule has 0 radical (unpaired) electrons. The Bertz CT molecular complexity index is 755. The second-order valence-corrected chi connectivity index (χ2v) is 6.89. The fraction of sp³-hybridized carbons (Fsp3) is 0.526. The summed E-state index contributed by atoms with van der Waals surface area (Å²) in [5.74, 6) is 1.84. The van der Waals surface area contributed by atoms with Crippen LogP contribution < -0.4 is 5.32 Å². The highest BCUT2D eigenvalue weighted by molar-refractivity contribution is 5.80. The molecule has 2 aromatic heterocycles. The van der Waals surface area contributed by atoms with E-state index >= 15 is 0 Å². The van der Waals surface area contributed by atoms with Crippen LogP contribution in [0.2, 0.25) is 0 Å². The first kappa shape index (κ1) is 17.9. The maximum Gasteiger partial charge on any atom is 0.193 e. The van der Waals surface area contributed by atoms with Crippen LogP contribution >= 0.6 is 0 Å². The van der Waals surface area contributed by atoms with Crippen LogP contribution in [0.25, 0.3) is 5.82 Å². The monoisotopic (exact) mass is 369 g/mol. The Labute approximate surface area is 159 Å². The summed E-state index contributed by atoms with van der Waals surface area (Å²) in [5.41, 5.74) is 1.11. The van der Waals surface area contributed by atoms with Crippen LogP contribution in [-0.2, 0) is 11.3 Å². The minimum atomic E-state index is 0.590. The van der Waals surface area contributed by atoms with Gasteiger partial charge in [0.15, 0.2) is 5.96 Å². The first-order valence-electron chi connectivity index (χ1n) is 9.55. The fourth-order valence-electron chi connectivity index (χ4n) is 3.87. The number of aliphatic imine (C=N–C) groups is 1. The van der Waals surface area contributed by atoms with Gasteiger partial charge >= 0.3 is 0 Å². The molecule has 4 heterocycles. The van der Waals surface area contributed by atoms with Gasteiger partial charge in [-0.3, -0.25) is 14.5 Å². The number of hydrogen-bond donors (Lipinski definition) is 1. The molecule has 27 heavy (non-hydrogen) atoms. The topological polar surface area (TPSA) is 70.8 Å². The molecule has 0 spiro atoms. The number of pyridine rings is 1. The maximum absolute atomic E-state index is 5.48. The molecule has 1 unspecified atom stereocenters. The van der Waals surface area contributed by atoms with Crippen molar-refractivity contribution >= 4 is 5.96 Å². The van der Waals surface area contributed by atoms with E-state index in [4.69, 9.17) is 4.74 Å². The Balaban J connectivity index is 1.38. The fourth-order valence-corrected chi connectivity index (χ4v) is 3.87. The van der Waals surface area contributed by atoms with Crippen LogP contribution in [-0.4, -0.2) is 82.8 Å². The number of imidazole rings is 1. The summed E-state index contributed by atoms with van der Waals surface area (Å²) in [6.07, 6.45) is 8.43. The smallest absolute Gasteiger partial charge is 0.193 e. The minimum Gasteiger partial charge on any atom is -0.379 e. The number of ether oxygens (including phenoxy) is 1. The number of guanidine groups is 1. The van der Waals surface area contributed by atoms with E-state index in [2.05, 4.69) is 36.1 Å². The van der Waals surface area contributed by atoms with Crippen LogP contribution in [0.15, 0.2) is 42.0 Å². The van der Waals surface area contributed by atoms with Gasteiger partial charge in [0.25, 0.3) is 0 Å². The van der Waals surface area contributed by atoms with Crippen molar-refractivity contribution in [2.45, 2.75) is 19.0 Å². The van der Waals surface area contributed by atoms with Crippen molar-refractivity contribution in [1.29, 1.82) is 0 Å². The number of likely N-dealkylation sites (tertiary alicyclic amines) is 1. The Morgan fingerprint density at radius 2 is 2.19 bits per heavy atom. The van der Waals surface area contributed by atoms with Crippen LogP contribution in [0.1, 0.15) is 12.0 Å². The Morgan fingerprint density at radius 3 is 2.96 bits per heavy atom. The summed E-state index contributed by atoms with van der Waals surface area (Å²) in [7, 11) is 1.85. The average Bonchev–Trinajstić information content (AvgIpc) is 3.42. The molecule has 8 nitrogen and oxygen atoms in total. The van der Waals surface area contributed by atoms with Gasteiger partial charge in [-0.05, 0) is 12.5 Å². The van der Waals surface area contributed by atoms with Gasteiger partial charge in [0.05, 0.1) is 13.2 Å². The summed E-state index contributed by atoms with van der Waals surface area (Å²) in [4.78, 5) is 18.0. The maximum atomic E-state index is 5.48. The molecule has 144 valence electrons. The number of morpholine rings is 1. The van der Waals surface area contributed by atoms with Gasteiger partial charge < -0.3 is 15.0 Å². The molecule has 2 fully saturated rings. The van der Waals surface area contributed by atoms with E-state index in [0.717, 1.165) is 56.7 Å². The molecule has 0 saturated carbocycles. The largest absolute Gasteiger partial charge is 0.379 e. The normalized spacial score (nSPS) is 21.6. The zero-order valence-corrected chi connectivity index (χ0v) is 15.8. The third-order valence-electron chi connectivity index (χ3n) is 5.29. The standard InChI is InChI=1S/C19H27N7O/c1-20-19(25-7-4-17(14-25)24-9-11-27-12-10-24)23-13-16-3-2-5-22-18(16)26-8-6-21-15-26/h2-3,5-6,8,15,17H,4,7,9-14H2,1H3,(H,20,23). The average molecular weight is 369 g/mol. The van der Waals surface area contributed by atoms with E-state index in [1.165, 1.54) is 6.42 Å². The molecule has 0 amide bonds. The first-order valence-corrected chi connectivity index (χ1v) is 9.55. The van der Waals surface area contributed by atoms with Crippen molar-refractivity contribution in [2.24, 2.45) is 4.99 Å². The van der Waals surface area contributed by atoms with E-state index in [9.17, 15) is 0 Å². The van der Waals surface area contributed by atoms with Crippen LogP contribution in [0.3, 0.4) is 0 Å². The lowest BCUT2D eigenvalue weighted by Gasteiger charge is -2.32.